The molecule has 0 spiro atoms. The van der Waals surface area contributed by atoms with Crippen molar-refractivity contribution >= 4 is 68.8 Å². The number of hydrogen-bond donors (Lipinski definition) is 4. The first-order valence-electron chi connectivity index (χ1n) is 8.20. The summed E-state index contributed by atoms with van der Waals surface area (Å²) >= 11 is 11.3. The molecule has 11 heteroatoms. The summed E-state index contributed by atoms with van der Waals surface area (Å²) in [4.78, 5) is 17.0. The molecular formula is C17H20N6O2S3. The van der Waals surface area contributed by atoms with Gasteiger partial charge in [-0.1, -0.05) is 25.2 Å². The van der Waals surface area contributed by atoms with Crippen LogP contribution >= 0.6 is 35.8 Å². The number of nitrogens with zero attached hydrogens (tertiary/aromatic N) is 2. The highest BCUT2D eigenvalue weighted by Gasteiger charge is 2.15. The maximum atomic E-state index is 11.7. The van der Waals surface area contributed by atoms with Crippen LogP contribution in [-0.2, 0) is 4.79 Å². The van der Waals surface area contributed by atoms with E-state index in [1.54, 1.807) is 38.3 Å². The molecule has 28 heavy (non-hydrogen) atoms. The SMILES string of the molecule is Cc1nc(NC(=S)NC(=O)C(C)C)sc1/C(C=Cc1ccco1)=N/NC(N)=S. The monoisotopic (exact) mass is 436 g/mol. The summed E-state index contributed by atoms with van der Waals surface area (Å²) in [5, 5.41) is 10.5. The summed E-state index contributed by atoms with van der Waals surface area (Å²) in [6.45, 7) is 5.41. The molecule has 0 aliphatic carbocycles. The highest BCUT2D eigenvalue weighted by atomic mass is 32.1. The van der Waals surface area contributed by atoms with Crippen LogP contribution in [0.2, 0.25) is 0 Å². The number of aryl methyl sites for hydroxylation is 1. The lowest BCUT2D eigenvalue weighted by molar-refractivity contribution is -0.122. The van der Waals surface area contributed by atoms with Gasteiger partial charge in [0.1, 0.15) is 11.5 Å². The minimum Gasteiger partial charge on any atom is -0.465 e. The van der Waals surface area contributed by atoms with E-state index in [9.17, 15) is 4.79 Å². The molecule has 0 radical (unpaired) electrons. The van der Waals surface area contributed by atoms with Crippen LogP contribution in [0.1, 0.15) is 30.2 Å². The fourth-order valence-electron chi connectivity index (χ4n) is 1.90. The van der Waals surface area contributed by atoms with Crippen molar-refractivity contribution in [1.82, 2.24) is 15.7 Å². The van der Waals surface area contributed by atoms with Crippen molar-refractivity contribution in [1.29, 1.82) is 0 Å². The molecule has 0 fully saturated rings. The largest absolute Gasteiger partial charge is 0.465 e. The molecule has 8 nitrogen and oxygen atoms in total. The second-order valence-electron chi connectivity index (χ2n) is 5.85. The molecular weight excluding hydrogens is 416 g/mol. The Balaban J connectivity index is 2.21. The highest BCUT2D eigenvalue weighted by molar-refractivity contribution is 7.80. The van der Waals surface area contributed by atoms with Crippen molar-refractivity contribution in [3.63, 3.8) is 0 Å². The summed E-state index contributed by atoms with van der Waals surface area (Å²) in [6, 6.07) is 3.60. The second-order valence-corrected chi connectivity index (χ2v) is 7.70. The van der Waals surface area contributed by atoms with Gasteiger partial charge in [-0.25, -0.2) is 4.98 Å². The number of amides is 1. The maximum Gasteiger partial charge on any atom is 0.228 e. The third-order valence-electron chi connectivity index (χ3n) is 3.25. The zero-order valence-corrected chi connectivity index (χ0v) is 17.9. The molecule has 2 aromatic rings. The molecule has 2 heterocycles. The number of carbonyl (C=O) groups is 1. The zero-order valence-electron chi connectivity index (χ0n) is 15.5. The third-order valence-corrected chi connectivity index (χ3v) is 4.64. The molecule has 0 atom stereocenters. The Morgan fingerprint density at radius 3 is 2.79 bits per heavy atom. The molecule has 0 aromatic carbocycles. The van der Waals surface area contributed by atoms with Gasteiger partial charge in [0.15, 0.2) is 15.4 Å². The van der Waals surface area contributed by atoms with E-state index in [1.807, 2.05) is 13.0 Å². The molecule has 2 aromatic heterocycles. The first-order chi connectivity index (χ1) is 13.3. The third kappa shape index (κ3) is 6.51. The second kappa shape index (κ2) is 10.1. The van der Waals surface area contributed by atoms with Crippen molar-refractivity contribution in [2.45, 2.75) is 20.8 Å². The van der Waals surface area contributed by atoms with Crippen molar-refractivity contribution in [3.05, 3.63) is 40.8 Å². The lowest BCUT2D eigenvalue weighted by atomic mass is 10.2. The zero-order chi connectivity index (χ0) is 20.7. The van der Waals surface area contributed by atoms with E-state index in [1.165, 1.54) is 11.3 Å². The van der Waals surface area contributed by atoms with Crippen LogP contribution in [0.3, 0.4) is 0 Å². The number of nitrogens with one attached hydrogen (secondary N) is 3. The molecule has 5 N–H and O–H groups in total. The Labute approximate surface area is 177 Å². The summed E-state index contributed by atoms with van der Waals surface area (Å²) in [5.74, 6) is 0.321. The predicted molar refractivity (Wildman–Crippen MR) is 120 cm³/mol. The smallest absolute Gasteiger partial charge is 0.228 e. The molecule has 0 saturated heterocycles. The van der Waals surface area contributed by atoms with E-state index in [-0.39, 0.29) is 22.0 Å². The van der Waals surface area contributed by atoms with Crippen LogP contribution < -0.4 is 21.8 Å². The minimum atomic E-state index is -0.176. The van der Waals surface area contributed by atoms with E-state index in [0.717, 1.165) is 10.6 Å². The van der Waals surface area contributed by atoms with E-state index >= 15 is 0 Å². The van der Waals surface area contributed by atoms with Crippen LogP contribution in [-0.4, -0.2) is 26.8 Å². The Hall–Kier alpha value is -2.63. The Morgan fingerprint density at radius 1 is 1.43 bits per heavy atom. The van der Waals surface area contributed by atoms with Gasteiger partial charge in [-0.2, -0.15) is 5.10 Å². The molecule has 0 aliphatic heterocycles. The molecule has 0 saturated carbocycles. The number of anilines is 1. The standard InChI is InChI=1S/C17H20N6O2S3/c1-9(2)14(24)20-16(27)21-17-19-10(3)13(28-17)12(22-23-15(18)26)7-6-11-5-4-8-25-11/h4-9H,1-3H3,(H3,18,23,26)(H2,19,20,21,24,27)/b7-6?,22-12+. The number of carbonyl (C=O) groups excluding carboxylic acids is 1. The van der Waals surface area contributed by atoms with Crippen LogP contribution in [0.15, 0.2) is 34.0 Å². The topological polar surface area (TPSA) is 118 Å². The van der Waals surface area contributed by atoms with E-state index in [4.69, 9.17) is 34.6 Å². The number of thiocarbonyl (C=S) groups is 2. The van der Waals surface area contributed by atoms with Crippen LogP contribution in [0, 0.1) is 12.8 Å². The van der Waals surface area contributed by atoms with Gasteiger partial charge in [-0.05, 0) is 55.6 Å². The number of nitrogens with two attached hydrogens (primary N) is 1. The fraction of sp³-hybridized carbons (Fsp3) is 0.235. The van der Waals surface area contributed by atoms with Gasteiger partial charge in [0.05, 0.1) is 16.8 Å². The first-order valence-corrected chi connectivity index (χ1v) is 9.84. The van der Waals surface area contributed by atoms with Crippen molar-refractivity contribution < 1.29 is 9.21 Å². The van der Waals surface area contributed by atoms with Crippen LogP contribution in [0.25, 0.3) is 6.08 Å². The average Bonchev–Trinajstić information content (AvgIpc) is 3.24. The first kappa shape index (κ1) is 21.7. The van der Waals surface area contributed by atoms with Gasteiger partial charge in [0, 0.05) is 5.92 Å². The van der Waals surface area contributed by atoms with E-state index in [2.05, 4.69) is 26.1 Å². The lowest BCUT2D eigenvalue weighted by Gasteiger charge is -2.08. The number of rotatable bonds is 6. The van der Waals surface area contributed by atoms with Gasteiger partial charge >= 0.3 is 0 Å². The number of hydrazone groups is 1. The molecule has 148 valence electrons. The number of thiazole rings is 1. The Morgan fingerprint density at radius 2 is 2.18 bits per heavy atom. The molecule has 1 amide bonds. The Bertz CT molecular complexity index is 915. The van der Waals surface area contributed by atoms with Gasteiger partial charge in [0.2, 0.25) is 5.91 Å². The van der Waals surface area contributed by atoms with Crippen molar-refractivity contribution in [2.24, 2.45) is 16.8 Å². The van der Waals surface area contributed by atoms with Gasteiger partial charge < -0.3 is 20.8 Å². The van der Waals surface area contributed by atoms with Crippen molar-refractivity contribution in [2.75, 3.05) is 5.32 Å². The summed E-state index contributed by atoms with van der Waals surface area (Å²) in [7, 11) is 0. The summed E-state index contributed by atoms with van der Waals surface area (Å²) in [5.41, 5.74) is 9.34. The van der Waals surface area contributed by atoms with E-state index < -0.39 is 0 Å². The number of aromatic nitrogens is 1. The average molecular weight is 437 g/mol. The van der Waals surface area contributed by atoms with Crippen molar-refractivity contribution in [3.8, 4) is 0 Å². The van der Waals surface area contributed by atoms with Crippen LogP contribution in [0.4, 0.5) is 5.13 Å². The highest BCUT2D eigenvalue weighted by Crippen LogP contribution is 2.24. The number of furan rings is 1. The Kier molecular flexibility index (Phi) is 7.79. The molecule has 0 unspecified atom stereocenters. The summed E-state index contributed by atoms with van der Waals surface area (Å²) in [6.07, 6.45) is 5.10. The molecule has 0 aliphatic rings. The molecule has 2 rings (SSSR count). The normalized spacial score (nSPS) is 11.6. The quantitative estimate of drug-likeness (QED) is 0.310. The molecule has 0 bridgehead atoms. The van der Waals surface area contributed by atoms with Gasteiger partial charge in [-0.15, -0.1) is 0 Å². The van der Waals surface area contributed by atoms with E-state index in [0.29, 0.717) is 16.6 Å². The van der Waals surface area contributed by atoms with Crippen LogP contribution in [0.5, 0.6) is 0 Å². The number of allylic oxidation sites excluding steroid dienone is 1. The van der Waals surface area contributed by atoms with Gasteiger partial charge in [0.25, 0.3) is 0 Å². The predicted octanol–water partition coefficient (Wildman–Crippen LogP) is 2.76. The number of hydrogen-bond acceptors (Lipinski definition) is 7. The summed E-state index contributed by atoms with van der Waals surface area (Å²) < 4.78 is 5.30. The maximum absolute atomic E-state index is 11.7. The van der Waals surface area contributed by atoms with Gasteiger partial charge in [-0.3, -0.25) is 10.2 Å². The minimum absolute atomic E-state index is 0.0435. The lowest BCUT2D eigenvalue weighted by Crippen LogP contribution is -2.36. The fourth-order valence-corrected chi connectivity index (χ4v) is 3.15.